The van der Waals surface area contributed by atoms with Crippen LogP contribution in [0, 0.1) is 12.8 Å². The van der Waals surface area contributed by atoms with Crippen LogP contribution in [-0.4, -0.2) is 61.5 Å². The average molecular weight is 441 g/mol. The van der Waals surface area contributed by atoms with Gasteiger partial charge in [-0.1, -0.05) is 36.2 Å². The van der Waals surface area contributed by atoms with Gasteiger partial charge in [0.1, 0.15) is 5.76 Å². The Balaban J connectivity index is 1.14. The minimum atomic E-state index is -0.0983. The van der Waals surface area contributed by atoms with Crippen molar-refractivity contribution in [2.45, 2.75) is 58.6 Å². The van der Waals surface area contributed by atoms with Gasteiger partial charge in [0.05, 0.1) is 5.70 Å². The van der Waals surface area contributed by atoms with E-state index in [0.29, 0.717) is 0 Å². The molecule has 0 spiro atoms. The Labute approximate surface area is 193 Å². The van der Waals surface area contributed by atoms with Crippen molar-refractivity contribution < 1.29 is 9.53 Å². The van der Waals surface area contributed by atoms with E-state index in [9.17, 15) is 4.79 Å². The van der Waals surface area contributed by atoms with Crippen molar-refractivity contribution in [1.82, 2.24) is 20.4 Å². The number of piperidine rings is 2. The van der Waals surface area contributed by atoms with Gasteiger partial charge in [-0.3, -0.25) is 9.69 Å². The van der Waals surface area contributed by atoms with Crippen LogP contribution in [0.2, 0.25) is 0 Å². The van der Waals surface area contributed by atoms with Gasteiger partial charge in [-0.2, -0.15) is 0 Å². The third kappa shape index (κ3) is 6.26. The first kappa shape index (κ1) is 23.1. The van der Waals surface area contributed by atoms with Gasteiger partial charge in [-0.15, -0.1) is 0 Å². The van der Waals surface area contributed by atoms with Crippen molar-refractivity contribution in [3.63, 3.8) is 0 Å². The van der Waals surface area contributed by atoms with Gasteiger partial charge < -0.3 is 20.3 Å². The van der Waals surface area contributed by atoms with E-state index in [0.717, 1.165) is 69.0 Å². The zero-order valence-electron chi connectivity index (χ0n) is 19.9. The molecule has 1 atom stereocenters. The van der Waals surface area contributed by atoms with E-state index in [4.69, 9.17) is 4.74 Å². The first-order chi connectivity index (χ1) is 15.6. The highest BCUT2D eigenvalue weighted by Gasteiger charge is 2.28. The predicted molar refractivity (Wildman–Crippen MR) is 128 cm³/mol. The minimum Gasteiger partial charge on any atom is -0.469 e. The molecule has 4 rings (SSSR count). The Morgan fingerprint density at radius 3 is 2.47 bits per heavy atom. The van der Waals surface area contributed by atoms with Crippen LogP contribution >= 0.6 is 0 Å². The number of hydrogen-bond acceptors (Lipinski definition) is 5. The first-order valence-corrected chi connectivity index (χ1v) is 12.5. The minimum absolute atomic E-state index is 0.0983. The number of amides is 1. The molecule has 2 saturated heterocycles. The number of hydrogen-bond donors (Lipinski definition) is 2. The second kappa shape index (κ2) is 11.2. The standard InChI is InChI=1S/C26H40N4O2/c1-20-7-9-23(10-8-20)26-28-24(21(2)32-26)19-30-17-11-22(12-18-30)25(31)27-13-6-16-29-14-4-3-5-15-29/h7-10,22,26,28H,3-6,11-19H2,1-2H3,(H,27,31). The van der Waals surface area contributed by atoms with Crippen LogP contribution in [0.3, 0.4) is 0 Å². The van der Waals surface area contributed by atoms with E-state index in [1.165, 1.54) is 37.9 Å². The third-order valence-electron chi connectivity index (χ3n) is 7.14. The molecule has 6 heteroatoms. The summed E-state index contributed by atoms with van der Waals surface area (Å²) in [6.07, 6.45) is 6.87. The summed E-state index contributed by atoms with van der Waals surface area (Å²) >= 11 is 0. The summed E-state index contributed by atoms with van der Waals surface area (Å²) in [5, 5.41) is 6.74. The molecule has 0 aliphatic carbocycles. The maximum Gasteiger partial charge on any atom is 0.223 e. The molecule has 3 heterocycles. The van der Waals surface area contributed by atoms with Crippen molar-refractivity contribution in [1.29, 1.82) is 0 Å². The van der Waals surface area contributed by atoms with E-state index in [1.54, 1.807) is 0 Å². The number of ether oxygens (including phenoxy) is 1. The number of nitrogens with zero attached hydrogens (tertiary/aromatic N) is 2. The summed E-state index contributed by atoms with van der Waals surface area (Å²) in [6.45, 7) is 11.3. The zero-order chi connectivity index (χ0) is 22.3. The molecule has 1 aromatic rings. The van der Waals surface area contributed by atoms with Crippen molar-refractivity contribution in [2.24, 2.45) is 5.92 Å². The first-order valence-electron chi connectivity index (χ1n) is 12.5. The highest BCUT2D eigenvalue weighted by molar-refractivity contribution is 5.78. The Morgan fingerprint density at radius 1 is 1.03 bits per heavy atom. The largest absolute Gasteiger partial charge is 0.469 e. The Hall–Kier alpha value is -2.05. The molecular weight excluding hydrogens is 400 g/mol. The molecular formula is C26H40N4O2. The Bertz CT molecular complexity index is 778. The van der Waals surface area contributed by atoms with Crippen LogP contribution in [0.5, 0.6) is 0 Å². The van der Waals surface area contributed by atoms with E-state index >= 15 is 0 Å². The highest BCUT2D eigenvalue weighted by atomic mass is 16.5. The maximum atomic E-state index is 12.6. The molecule has 6 nitrogen and oxygen atoms in total. The smallest absolute Gasteiger partial charge is 0.223 e. The van der Waals surface area contributed by atoms with Gasteiger partial charge >= 0.3 is 0 Å². The summed E-state index contributed by atoms with van der Waals surface area (Å²) in [4.78, 5) is 17.6. The molecule has 1 aromatic carbocycles. The third-order valence-corrected chi connectivity index (χ3v) is 7.14. The second-order valence-corrected chi connectivity index (χ2v) is 9.68. The monoisotopic (exact) mass is 440 g/mol. The van der Waals surface area contributed by atoms with Gasteiger partial charge in [0, 0.05) is 24.6 Å². The second-order valence-electron chi connectivity index (χ2n) is 9.68. The zero-order valence-corrected chi connectivity index (χ0v) is 19.9. The summed E-state index contributed by atoms with van der Waals surface area (Å²) in [5.74, 6) is 1.38. The lowest BCUT2D eigenvalue weighted by atomic mass is 9.95. The van der Waals surface area contributed by atoms with Gasteiger partial charge in [0.15, 0.2) is 6.23 Å². The van der Waals surface area contributed by atoms with Gasteiger partial charge in [0.2, 0.25) is 5.91 Å². The fourth-order valence-corrected chi connectivity index (χ4v) is 5.01. The van der Waals surface area contributed by atoms with E-state index in [2.05, 4.69) is 51.6 Å². The number of likely N-dealkylation sites (tertiary alicyclic amines) is 2. The van der Waals surface area contributed by atoms with Crippen molar-refractivity contribution in [3.8, 4) is 0 Å². The quantitative estimate of drug-likeness (QED) is 0.606. The van der Waals surface area contributed by atoms with Crippen molar-refractivity contribution in [3.05, 3.63) is 46.8 Å². The fourth-order valence-electron chi connectivity index (χ4n) is 5.01. The molecule has 3 aliphatic heterocycles. The normalized spacial score (nSPS) is 23.1. The number of allylic oxidation sites excluding steroid dienone is 1. The molecule has 2 N–H and O–H groups in total. The molecule has 0 aromatic heterocycles. The summed E-state index contributed by atoms with van der Waals surface area (Å²) < 4.78 is 6.07. The summed E-state index contributed by atoms with van der Waals surface area (Å²) in [6, 6.07) is 8.49. The fraction of sp³-hybridized carbons (Fsp3) is 0.654. The molecule has 1 unspecified atom stereocenters. The van der Waals surface area contributed by atoms with Crippen LogP contribution in [0.25, 0.3) is 0 Å². The lowest BCUT2D eigenvalue weighted by Crippen LogP contribution is -2.42. The van der Waals surface area contributed by atoms with E-state index in [-0.39, 0.29) is 18.1 Å². The van der Waals surface area contributed by atoms with Gasteiger partial charge in [0.25, 0.3) is 0 Å². The average Bonchev–Trinajstić information content (AvgIpc) is 3.18. The molecule has 176 valence electrons. The van der Waals surface area contributed by atoms with E-state index in [1.807, 2.05) is 6.92 Å². The maximum absolute atomic E-state index is 12.6. The molecule has 0 bridgehead atoms. The van der Waals surface area contributed by atoms with Crippen LogP contribution in [0.4, 0.5) is 0 Å². The molecule has 3 aliphatic rings. The van der Waals surface area contributed by atoms with Crippen molar-refractivity contribution >= 4 is 5.91 Å². The number of rotatable bonds is 8. The molecule has 2 fully saturated rings. The molecule has 32 heavy (non-hydrogen) atoms. The van der Waals surface area contributed by atoms with Crippen LogP contribution in [0.1, 0.15) is 62.8 Å². The summed E-state index contributed by atoms with van der Waals surface area (Å²) in [5.41, 5.74) is 3.57. The number of aryl methyl sites for hydroxylation is 1. The van der Waals surface area contributed by atoms with E-state index < -0.39 is 0 Å². The SMILES string of the molecule is CC1=C(CN2CCC(C(=O)NCCCN3CCCCC3)CC2)NC(c2ccc(C)cc2)O1. The number of nitrogens with one attached hydrogen (secondary N) is 2. The van der Waals surface area contributed by atoms with Crippen LogP contribution < -0.4 is 10.6 Å². The number of carbonyl (C=O) groups is 1. The van der Waals surface area contributed by atoms with Gasteiger partial charge in [-0.05, 0) is 78.7 Å². The summed E-state index contributed by atoms with van der Waals surface area (Å²) in [7, 11) is 0. The lowest BCUT2D eigenvalue weighted by molar-refractivity contribution is -0.126. The number of benzene rings is 1. The molecule has 0 radical (unpaired) electrons. The van der Waals surface area contributed by atoms with Crippen molar-refractivity contribution in [2.75, 3.05) is 45.8 Å². The number of carbonyl (C=O) groups excluding carboxylic acids is 1. The topological polar surface area (TPSA) is 56.8 Å². The Kier molecular flexibility index (Phi) is 8.09. The highest BCUT2D eigenvalue weighted by Crippen LogP contribution is 2.28. The predicted octanol–water partition coefficient (Wildman–Crippen LogP) is 3.55. The lowest BCUT2D eigenvalue weighted by Gasteiger charge is -2.31. The Morgan fingerprint density at radius 2 is 1.75 bits per heavy atom. The van der Waals surface area contributed by atoms with Crippen LogP contribution in [-0.2, 0) is 9.53 Å². The molecule has 1 amide bonds. The molecule has 0 saturated carbocycles. The van der Waals surface area contributed by atoms with Gasteiger partial charge in [-0.25, -0.2) is 0 Å². The van der Waals surface area contributed by atoms with Crippen LogP contribution in [0.15, 0.2) is 35.7 Å².